The zero-order chi connectivity index (χ0) is 22.4. The third-order valence-electron chi connectivity index (χ3n) is 4.84. The number of urea groups is 1. The van der Waals surface area contributed by atoms with Crippen molar-refractivity contribution in [2.75, 3.05) is 27.9 Å². The molecule has 0 aliphatic carbocycles. The molecule has 1 heterocycles. The fraction of sp³-hybridized carbons (Fsp3) is 0.273. The Hall–Kier alpha value is -3.23. The molecule has 1 aliphatic rings. The van der Waals surface area contributed by atoms with E-state index in [4.69, 9.17) is 25.8 Å². The third-order valence-corrected chi connectivity index (χ3v) is 5.10. The summed E-state index contributed by atoms with van der Waals surface area (Å²) in [7, 11) is 4.36. The zero-order valence-corrected chi connectivity index (χ0v) is 18.2. The molecule has 1 aliphatic heterocycles. The first kappa shape index (κ1) is 22.5. The fourth-order valence-corrected chi connectivity index (χ4v) is 3.45. The molecule has 3 N–H and O–H groups in total. The highest BCUT2D eigenvalue weighted by atomic mass is 35.5. The molecule has 31 heavy (non-hydrogen) atoms. The van der Waals surface area contributed by atoms with Crippen LogP contribution in [0.25, 0.3) is 0 Å². The molecule has 0 fully saturated rings. The van der Waals surface area contributed by atoms with E-state index in [2.05, 4.69) is 16.0 Å². The Morgan fingerprint density at radius 2 is 1.74 bits per heavy atom. The van der Waals surface area contributed by atoms with Crippen molar-refractivity contribution < 1.29 is 23.8 Å². The molecular formula is C22H24ClN3O5. The Bertz CT molecular complexity index is 991. The van der Waals surface area contributed by atoms with Gasteiger partial charge in [-0.3, -0.25) is 0 Å². The van der Waals surface area contributed by atoms with E-state index < -0.39 is 18.0 Å². The third kappa shape index (κ3) is 5.28. The molecule has 0 unspecified atom stereocenters. The highest BCUT2D eigenvalue weighted by molar-refractivity contribution is 6.30. The first-order valence-corrected chi connectivity index (χ1v) is 9.90. The number of nitrogens with one attached hydrogen (secondary N) is 3. The topological polar surface area (TPSA) is 97.9 Å². The molecule has 0 saturated heterocycles. The average molecular weight is 446 g/mol. The largest absolute Gasteiger partial charge is 0.493 e. The maximum atomic E-state index is 12.6. The molecule has 9 heteroatoms. The van der Waals surface area contributed by atoms with Crippen LogP contribution in [0.5, 0.6) is 11.5 Å². The van der Waals surface area contributed by atoms with Gasteiger partial charge in [0.1, 0.15) is 0 Å². The van der Waals surface area contributed by atoms with Crippen molar-refractivity contribution in [3.05, 3.63) is 69.9 Å². The van der Waals surface area contributed by atoms with Gasteiger partial charge in [0.25, 0.3) is 0 Å². The van der Waals surface area contributed by atoms with Crippen molar-refractivity contribution in [2.45, 2.75) is 12.6 Å². The molecular weight excluding hydrogens is 422 g/mol. The number of methoxy groups -OCH3 is 3. The van der Waals surface area contributed by atoms with E-state index in [9.17, 15) is 9.59 Å². The molecule has 3 rings (SSSR count). The second-order valence-electron chi connectivity index (χ2n) is 6.76. The minimum atomic E-state index is -0.715. The van der Waals surface area contributed by atoms with Crippen LogP contribution in [0.4, 0.5) is 4.79 Å². The predicted octanol–water partition coefficient (Wildman–Crippen LogP) is 2.93. The lowest BCUT2D eigenvalue weighted by molar-refractivity contribution is -0.136. The SMILES string of the molecule is COC(=O)C1=C(CNCc2ccc(Cl)cc2)NC(=O)N[C@@H]1c1ccc(OC)c(OC)c1. The molecule has 164 valence electrons. The lowest BCUT2D eigenvalue weighted by Gasteiger charge is -2.29. The standard InChI is InChI=1S/C22H24ClN3O5/c1-29-17-9-6-14(10-18(17)30-2)20-19(21(27)31-3)16(25-22(28)26-20)12-24-11-13-4-7-15(23)8-5-13/h4-10,20,24H,11-12H2,1-3H3,(H2,25,26,28)/t20-/m1/s1. The summed E-state index contributed by atoms with van der Waals surface area (Å²) in [5.41, 5.74) is 2.41. The molecule has 0 radical (unpaired) electrons. The van der Waals surface area contributed by atoms with Crippen molar-refractivity contribution in [2.24, 2.45) is 0 Å². The van der Waals surface area contributed by atoms with Gasteiger partial charge in [0.05, 0.1) is 32.9 Å². The van der Waals surface area contributed by atoms with Gasteiger partial charge in [0.15, 0.2) is 11.5 Å². The van der Waals surface area contributed by atoms with Crippen LogP contribution in [-0.2, 0) is 16.1 Å². The number of carbonyl (C=O) groups is 2. The lowest BCUT2D eigenvalue weighted by atomic mass is 9.94. The summed E-state index contributed by atoms with van der Waals surface area (Å²) in [5.74, 6) is 0.481. The number of esters is 1. The van der Waals surface area contributed by atoms with Crippen molar-refractivity contribution >= 4 is 23.6 Å². The number of ether oxygens (including phenoxy) is 3. The van der Waals surface area contributed by atoms with Gasteiger partial charge in [-0.05, 0) is 35.4 Å². The summed E-state index contributed by atoms with van der Waals surface area (Å²) in [4.78, 5) is 25.0. The second-order valence-corrected chi connectivity index (χ2v) is 7.20. The van der Waals surface area contributed by atoms with Crippen LogP contribution in [0.2, 0.25) is 5.02 Å². The monoisotopic (exact) mass is 445 g/mol. The first-order valence-electron chi connectivity index (χ1n) is 9.52. The van der Waals surface area contributed by atoms with E-state index in [-0.39, 0.29) is 6.54 Å². The summed E-state index contributed by atoms with van der Waals surface area (Å²) in [5, 5.41) is 9.39. The summed E-state index contributed by atoms with van der Waals surface area (Å²) >= 11 is 5.92. The van der Waals surface area contributed by atoms with Gasteiger partial charge in [0.2, 0.25) is 0 Å². The van der Waals surface area contributed by atoms with Crippen LogP contribution in [0.1, 0.15) is 17.2 Å². The molecule has 0 saturated carbocycles. The minimum absolute atomic E-state index is 0.254. The molecule has 2 amide bonds. The number of rotatable bonds is 8. The normalized spacial score (nSPS) is 15.7. The highest BCUT2D eigenvalue weighted by Gasteiger charge is 2.33. The summed E-state index contributed by atoms with van der Waals surface area (Å²) in [6, 6.07) is 11.5. The van der Waals surface area contributed by atoms with Gasteiger partial charge in [-0.2, -0.15) is 0 Å². The molecule has 2 aromatic rings. The van der Waals surface area contributed by atoms with E-state index >= 15 is 0 Å². The number of amides is 2. The van der Waals surface area contributed by atoms with E-state index in [1.54, 1.807) is 30.3 Å². The van der Waals surface area contributed by atoms with E-state index in [1.807, 2.05) is 12.1 Å². The number of hydrogen-bond donors (Lipinski definition) is 3. The van der Waals surface area contributed by atoms with E-state index in [0.29, 0.717) is 39.9 Å². The van der Waals surface area contributed by atoms with E-state index in [0.717, 1.165) is 5.56 Å². The van der Waals surface area contributed by atoms with Crippen molar-refractivity contribution in [1.82, 2.24) is 16.0 Å². The van der Waals surface area contributed by atoms with Crippen LogP contribution in [-0.4, -0.2) is 39.9 Å². The van der Waals surface area contributed by atoms with Crippen LogP contribution in [0.3, 0.4) is 0 Å². The van der Waals surface area contributed by atoms with Gasteiger partial charge < -0.3 is 30.2 Å². The number of carbonyl (C=O) groups excluding carboxylic acids is 2. The first-order chi connectivity index (χ1) is 15.0. The smallest absolute Gasteiger partial charge is 0.338 e. The summed E-state index contributed by atoms with van der Waals surface area (Å²) in [6.07, 6.45) is 0. The molecule has 1 atom stereocenters. The van der Waals surface area contributed by atoms with Gasteiger partial charge in [-0.15, -0.1) is 0 Å². The van der Waals surface area contributed by atoms with Gasteiger partial charge >= 0.3 is 12.0 Å². The van der Waals surface area contributed by atoms with Crippen molar-refractivity contribution in [3.8, 4) is 11.5 Å². The average Bonchev–Trinajstić information content (AvgIpc) is 2.79. The Labute approximate surface area is 185 Å². The van der Waals surface area contributed by atoms with Gasteiger partial charge in [-0.25, -0.2) is 9.59 Å². The molecule has 2 aromatic carbocycles. The van der Waals surface area contributed by atoms with Crippen molar-refractivity contribution in [1.29, 1.82) is 0 Å². The molecule has 0 spiro atoms. The Morgan fingerprint density at radius 3 is 2.39 bits per heavy atom. The van der Waals surface area contributed by atoms with Crippen LogP contribution in [0.15, 0.2) is 53.7 Å². The van der Waals surface area contributed by atoms with Gasteiger partial charge in [-0.1, -0.05) is 29.8 Å². The Kier molecular flexibility index (Phi) is 7.38. The maximum absolute atomic E-state index is 12.6. The second kappa shape index (κ2) is 10.2. The number of benzene rings is 2. The van der Waals surface area contributed by atoms with Crippen LogP contribution in [0, 0.1) is 0 Å². The van der Waals surface area contributed by atoms with Gasteiger partial charge in [0, 0.05) is 23.8 Å². The predicted molar refractivity (Wildman–Crippen MR) is 116 cm³/mol. The Morgan fingerprint density at radius 1 is 1.03 bits per heavy atom. The minimum Gasteiger partial charge on any atom is -0.493 e. The summed E-state index contributed by atoms with van der Waals surface area (Å²) < 4.78 is 15.6. The Balaban J connectivity index is 1.90. The van der Waals surface area contributed by atoms with E-state index in [1.165, 1.54) is 21.3 Å². The molecule has 0 bridgehead atoms. The number of hydrogen-bond acceptors (Lipinski definition) is 6. The highest BCUT2D eigenvalue weighted by Crippen LogP contribution is 2.34. The van der Waals surface area contributed by atoms with Crippen LogP contribution >= 0.6 is 11.6 Å². The number of halogens is 1. The van der Waals surface area contributed by atoms with Crippen LogP contribution < -0.4 is 25.4 Å². The lowest BCUT2D eigenvalue weighted by Crippen LogP contribution is -2.48. The quantitative estimate of drug-likeness (QED) is 0.540. The fourth-order valence-electron chi connectivity index (χ4n) is 3.32. The maximum Gasteiger partial charge on any atom is 0.338 e. The molecule has 0 aromatic heterocycles. The zero-order valence-electron chi connectivity index (χ0n) is 17.5. The summed E-state index contributed by atoms with van der Waals surface area (Å²) in [6.45, 7) is 0.781. The van der Waals surface area contributed by atoms with Crippen molar-refractivity contribution in [3.63, 3.8) is 0 Å². The molecule has 8 nitrogen and oxygen atoms in total.